The van der Waals surface area contributed by atoms with Gasteiger partial charge >= 0.3 is 0 Å². The molecule has 0 aliphatic carbocycles. The fourth-order valence-corrected chi connectivity index (χ4v) is 1.93. The van der Waals surface area contributed by atoms with Crippen LogP contribution in [0.4, 0.5) is 0 Å². The van der Waals surface area contributed by atoms with Crippen LogP contribution in [-0.2, 0) is 0 Å². The minimum atomic E-state index is 0.0523. The van der Waals surface area contributed by atoms with Crippen molar-refractivity contribution in [3.8, 4) is 0 Å². The molecule has 2 rings (SSSR count). The van der Waals surface area contributed by atoms with E-state index < -0.39 is 0 Å². The molecule has 0 radical (unpaired) electrons. The molecule has 0 spiro atoms. The number of pyridine rings is 1. The quantitative estimate of drug-likeness (QED) is 0.819. The highest BCUT2D eigenvalue weighted by molar-refractivity contribution is 5.82. The molecule has 1 unspecified atom stereocenters. The molecule has 0 saturated heterocycles. The van der Waals surface area contributed by atoms with Crippen LogP contribution in [0.15, 0.2) is 36.5 Å². The SMILES string of the molecule is NCCCC(N)c1ccnc2ccccc12. The first-order valence-corrected chi connectivity index (χ1v) is 5.62. The lowest BCUT2D eigenvalue weighted by molar-refractivity contribution is 0.621. The predicted molar refractivity (Wildman–Crippen MR) is 67.0 cm³/mol. The first-order chi connectivity index (χ1) is 7.83. The van der Waals surface area contributed by atoms with Crippen molar-refractivity contribution in [2.75, 3.05) is 6.54 Å². The second kappa shape index (κ2) is 5.05. The van der Waals surface area contributed by atoms with Gasteiger partial charge in [0.1, 0.15) is 0 Å². The van der Waals surface area contributed by atoms with Crippen molar-refractivity contribution in [1.29, 1.82) is 0 Å². The molecule has 0 saturated carbocycles. The van der Waals surface area contributed by atoms with Crippen LogP contribution in [0.5, 0.6) is 0 Å². The number of hydrogen-bond acceptors (Lipinski definition) is 3. The number of benzene rings is 1. The predicted octanol–water partition coefficient (Wildman–Crippen LogP) is 1.97. The van der Waals surface area contributed by atoms with Crippen molar-refractivity contribution in [3.63, 3.8) is 0 Å². The number of hydrogen-bond donors (Lipinski definition) is 2. The summed E-state index contributed by atoms with van der Waals surface area (Å²) >= 11 is 0. The molecule has 0 fully saturated rings. The molecular formula is C13H17N3. The first kappa shape index (κ1) is 11.0. The second-order valence-electron chi connectivity index (χ2n) is 3.95. The Labute approximate surface area is 95.5 Å². The normalized spacial score (nSPS) is 12.9. The van der Waals surface area contributed by atoms with Crippen molar-refractivity contribution in [2.45, 2.75) is 18.9 Å². The third kappa shape index (κ3) is 2.21. The minimum absolute atomic E-state index is 0.0523. The molecule has 1 aromatic carbocycles. The van der Waals surface area contributed by atoms with Crippen molar-refractivity contribution >= 4 is 10.9 Å². The number of nitrogens with zero attached hydrogens (tertiary/aromatic N) is 1. The lowest BCUT2D eigenvalue weighted by Crippen LogP contribution is -2.13. The minimum Gasteiger partial charge on any atom is -0.330 e. The van der Waals surface area contributed by atoms with Crippen LogP contribution in [0.3, 0.4) is 0 Å². The van der Waals surface area contributed by atoms with Gasteiger partial charge in [-0.15, -0.1) is 0 Å². The fourth-order valence-electron chi connectivity index (χ4n) is 1.93. The van der Waals surface area contributed by atoms with Crippen LogP contribution in [0.25, 0.3) is 10.9 Å². The number of para-hydroxylation sites is 1. The van der Waals surface area contributed by atoms with Crippen molar-refractivity contribution < 1.29 is 0 Å². The Morgan fingerprint density at radius 1 is 1.19 bits per heavy atom. The van der Waals surface area contributed by atoms with Gasteiger partial charge in [-0.3, -0.25) is 4.98 Å². The zero-order valence-electron chi connectivity index (χ0n) is 9.26. The van der Waals surface area contributed by atoms with E-state index in [0.29, 0.717) is 6.54 Å². The standard InChI is InChI=1S/C13H17N3/c14-8-3-5-12(15)10-7-9-16-13-6-2-1-4-11(10)13/h1-2,4,6-7,9,12H,3,5,8,14-15H2. The van der Waals surface area contributed by atoms with Gasteiger partial charge in [0, 0.05) is 17.6 Å². The molecule has 0 bridgehead atoms. The smallest absolute Gasteiger partial charge is 0.0705 e. The van der Waals surface area contributed by atoms with Gasteiger partial charge in [0.15, 0.2) is 0 Å². The number of aromatic nitrogens is 1. The summed E-state index contributed by atoms with van der Waals surface area (Å²) in [5.41, 5.74) is 13.8. The van der Waals surface area contributed by atoms with Crippen molar-refractivity contribution in [3.05, 3.63) is 42.1 Å². The van der Waals surface area contributed by atoms with E-state index in [4.69, 9.17) is 11.5 Å². The Kier molecular flexibility index (Phi) is 3.49. The molecular weight excluding hydrogens is 198 g/mol. The maximum absolute atomic E-state index is 6.16. The summed E-state index contributed by atoms with van der Waals surface area (Å²) in [6.07, 6.45) is 3.70. The maximum atomic E-state index is 6.16. The summed E-state index contributed by atoms with van der Waals surface area (Å²) in [4.78, 5) is 4.32. The first-order valence-electron chi connectivity index (χ1n) is 5.62. The Balaban J connectivity index is 2.36. The lowest BCUT2D eigenvalue weighted by atomic mass is 9.99. The number of rotatable bonds is 4. The largest absolute Gasteiger partial charge is 0.330 e. The van der Waals surface area contributed by atoms with Gasteiger partial charge < -0.3 is 11.5 Å². The van der Waals surface area contributed by atoms with E-state index in [9.17, 15) is 0 Å². The fraction of sp³-hybridized carbons (Fsp3) is 0.308. The molecule has 2 aromatic rings. The van der Waals surface area contributed by atoms with Crippen LogP contribution in [0.1, 0.15) is 24.4 Å². The molecule has 1 heterocycles. The van der Waals surface area contributed by atoms with E-state index in [0.717, 1.165) is 23.7 Å². The van der Waals surface area contributed by atoms with Gasteiger partial charge in [0.25, 0.3) is 0 Å². The third-order valence-corrected chi connectivity index (χ3v) is 2.80. The highest BCUT2D eigenvalue weighted by atomic mass is 14.7. The van der Waals surface area contributed by atoms with Crippen LogP contribution in [0, 0.1) is 0 Å². The Bertz CT molecular complexity index is 462. The molecule has 16 heavy (non-hydrogen) atoms. The van der Waals surface area contributed by atoms with Crippen LogP contribution >= 0.6 is 0 Å². The highest BCUT2D eigenvalue weighted by Crippen LogP contribution is 2.23. The molecule has 0 aliphatic rings. The second-order valence-corrected chi connectivity index (χ2v) is 3.95. The van der Waals surface area contributed by atoms with Crippen molar-refractivity contribution in [1.82, 2.24) is 4.98 Å². The lowest BCUT2D eigenvalue weighted by Gasteiger charge is -2.13. The highest BCUT2D eigenvalue weighted by Gasteiger charge is 2.09. The zero-order valence-corrected chi connectivity index (χ0v) is 9.26. The van der Waals surface area contributed by atoms with Crippen LogP contribution in [0.2, 0.25) is 0 Å². The van der Waals surface area contributed by atoms with E-state index in [1.807, 2.05) is 30.5 Å². The van der Waals surface area contributed by atoms with Crippen LogP contribution in [-0.4, -0.2) is 11.5 Å². The summed E-state index contributed by atoms with van der Waals surface area (Å²) in [5.74, 6) is 0. The van der Waals surface area contributed by atoms with Gasteiger partial charge in [-0.1, -0.05) is 18.2 Å². The zero-order chi connectivity index (χ0) is 11.4. The van der Waals surface area contributed by atoms with E-state index in [1.165, 1.54) is 5.56 Å². The van der Waals surface area contributed by atoms with E-state index in [1.54, 1.807) is 0 Å². The van der Waals surface area contributed by atoms with Crippen molar-refractivity contribution in [2.24, 2.45) is 11.5 Å². The molecule has 1 atom stereocenters. The third-order valence-electron chi connectivity index (χ3n) is 2.80. The Morgan fingerprint density at radius 2 is 2.00 bits per heavy atom. The van der Waals surface area contributed by atoms with Gasteiger partial charge in [-0.05, 0) is 37.1 Å². The van der Waals surface area contributed by atoms with Gasteiger partial charge in [0.2, 0.25) is 0 Å². The van der Waals surface area contributed by atoms with Crippen LogP contribution < -0.4 is 11.5 Å². The molecule has 4 N–H and O–H groups in total. The molecule has 1 aromatic heterocycles. The van der Waals surface area contributed by atoms with Gasteiger partial charge in [0.05, 0.1) is 5.52 Å². The number of fused-ring (bicyclic) bond motifs is 1. The molecule has 0 aliphatic heterocycles. The van der Waals surface area contributed by atoms with E-state index in [2.05, 4.69) is 11.1 Å². The average molecular weight is 215 g/mol. The Morgan fingerprint density at radius 3 is 2.81 bits per heavy atom. The summed E-state index contributed by atoms with van der Waals surface area (Å²) < 4.78 is 0. The monoisotopic (exact) mass is 215 g/mol. The van der Waals surface area contributed by atoms with Gasteiger partial charge in [-0.25, -0.2) is 0 Å². The topological polar surface area (TPSA) is 64.9 Å². The molecule has 3 heteroatoms. The average Bonchev–Trinajstić information content (AvgIpc) is 2.35. The molecule has 0 amide bonds. The Hall–Kier alpha value is -1.45. The molecule has 84 valence electrons. The summed E-state index contributed by atoms with van der Waals surface area (Å²) in [6, 6.07) is 10.1. The maximum Gasteiger partial charge on any atom is 0.0705 e. The summed E-state index contributed by atoms with van der Waals surface area (Å²) in [7, 11) is 0. The van der Waals surface area contributed by atoms with Gasteiger partial charge in [-0.2, -0.15) is 0 Å². The summed E-state index contributed by atoms with van der Waals surface area (Å²) in [6.45, 7) is 0.691. The molecule has 3 nitrogen and oxygen atoms in total. The summed E-state index contributed by atoms with van der Waals surface area (Å²) in [5, 5.41) is 1.15. The van der Waals surface area contributed by atoms with E-state index in [-0.39, 0.29) is 6.04 Å². The number of nitrogens with two attached hydrogens (primary N) is 2. The van der Waals surface area contributed by atoms with E-state index >= 15 is 0 Å².